The molecule has 0 radical (unpaired) electrons. The average molecular weight is 536 g/mol. The summed E-state index contributed by atoms with van der Waals surface area (Å²) in [6.07, 6.45) is 0. The summed E-state index contributed by atoms with van der Waals surface area (Å²) in [5.74, 6) is 0.641. The SMILES string of the molecule is O=[N+]([O-])c1ccccc1-c1ccc2sc3c(-c4ccccc4)nc(-c4ccc(-c5ccccc5)cc4)nc3c2c1. The van der Waals surface area contributed by atoms with Crippen molar-refractivity contribution >= 4 is 37.3 Å². The maximum absolute atomic E-state index is 11.7. The van der Waals surface area contributed by atoms with E-state index >= 15 is 0 Å². The summed E-state index contributed by atoms with van der Waals surface area (Å²) in [7, 11) is 0. The van der Waals surface area contributed by atoms with Crippen molar-refractivity contribution in [2.75, 3.05) is 0 Å². The van der Waals surface area contributed by atoms with Crippen LogP contribution in [0, 0.1) is 10.1 Å². The van der Waals surface area contributed by atoms with Gasteiger partial charge in [-0.25, -0.2) is 9.97 Å². The lowest BCUT2D eigenvalue weighted by molar-refractivity contribution is -0.384. The summed E-state index contributed by atoms with van der Waals surface area (Å²) >= 11 is 1.64. The Bertz CT molecular complexity index is 2020. The molecule has 7 rings (SSSR count). The predicted octanol–water partition coefficient (Wildman–Crippen LogP) is 9.42. The summed E-state index contributed by atoms with van der Waals surface area (Å²) < 4.78 is 2.05. The minimum Gasteiger partial charge on any atom is -0.258 e. The van der Waals surface area contributed by atoms with Crippen LogP contribution in [0.25, 0.3) is 65.2 Å². The lowest BCUT2D eigenvalue weighted by Gasteiger charge is -2.08. The number of benzene rings is 5. The monoisotopic (exact) mass is 535 g/mol. The van der Waals surface area contributed by atoms with Gasteiger partial charge in [0, 0.05) is 27.3 Å². The molecule has 0 aliphatic carbocycles. The van der Waals surface area contributed by atoms with Crippen LogP contribution in [0.4, 0.5) is 5.69 Å². The smallest absolute Gasteiger partial charge is 0.258 e. The van der Waals surface area contributed by atoms with Crippen LogP contribution in [0.5, 0.6) is 0 Å². The number of rotatable bonds is 5. The van der Waals surface area contributed by atoms with Crippen LogP contribution in [0.3, 0.4) is 0 Å². The molecule has 7 aromatic rings. The first-order chi connectivity index (χ1) is 19.7. The molecule has 190 valence electrons. The van der Waals surface area contributed by atoms with Crippen molar-refractivity contribution in [3.8, 4) is 44.9 Å². The van der Waals surface area contributed by atoms with Gasteiger partial charge < -0.3 is 0 Å². The maximum atomic E-state index is 11.7. The third-order valence-corrected chi connectivity index (χ3v) is 8.19. The van der Waals surface area contributed by atoms with Crippen molar-refractivity contribution in [2.24, 2.45) is 0 Å². The highest BCUT2D eigenvalue weighted by atomic mass is 32.1. The highest BCUT2D eigenvalue weighted by Crippen LogP contribution is 2.41. The molecule has 0 N–H and O–H groups in total. The number of nitrogens with zero attached hydrogens (tertiary/aromatic N) is 3. The Kier molecular flexibility index (Phi) is 5.87. The molecule has 2 heterocycles. The Morgan fingerprint density at radius 1 is 0.600 bits per heavy atom. The molecule has 40 heavy (non-hydrogen) atoms. The van der Waals surface area contributed by atoms with Gasteiger partial charge in [-0.2, -0.15) is 0 Å². The van der Waals surface area contributed by atoms with E-state index in [1.807, 2.05) is 60.7 Å². The molecule has 6 heteroatoms. The van der Waals surface area contributed by atoms with Gasteiger partial charge in [0.05, 0.1) is 26.4 Å². The highest BCUT2D eigenvalue weighted by Gasteiger charge is 2.19. The van der Waals surface area contributed by atoms with E-state index in [2.05, 4.69) is 48.5 Å². The highest BCUT2D eigenvalue weighted by molar-refractivity contribution is 7.26. The topological polar surface area (TPSA) is 68.9 Å². The molecule has 2 aromatic heterocycles. The van der Waals surface area contributed by atoms with Crippen LogP contribution < -0.4 is 0 Å². The van der Waals surface area contributed by atoms with Gasteiger partial charge in [-0.05, 0) is 34.9 Å². The van der Waals surface area contributed by atoms with E-state index in [0.717, 1.165) is 53.8 Å². The largest absolute Gasteiger partial charge is 0.277 e. The maximum Gasteiger partial charge on any atom is 0.277 e. The molecule has 5 aromatic carbocycles. The molecule has 0 saturated heterocycles. The zero-order chi connectivity index (χ0) is 27.1. The quantitative estimate of drug-likeness (QED) is 0.163. The standard InChI is InChI=1S/C34H21N3O2S/c38-37(39)29-14-8-7-13-27(29)26-19-20-30-28(21-26)32-33(40-30)31(24-11-5-2-6-12-24)35-34(36-32)25-17-15-23(16-18-25)22-9-3-1-4-10-22/h1-21H. The van der Waals surface area contributed by atoms with Crippen LogP contribution >= 0.6 is 11.3 Å². The number of aromatic nitrogens is 2. The Morgan fingerprint density at radius 2 is 1.20 bits per heavy atom. The molecule has 0 saturated carbocycles. The fourth-order valence-corrected chi connectivity index (χ4v) is 6.19. The normalized spacial score (nSPS) is 11.2. The first-order valence-corrected chi connectivity index (χ1v) is 13.7. The number of fused-ring (bicyclic) bond motifs is 3. The fourth-order valence-electron chi connectivity index (χ4n) is 5.05. The number of thiophene rings is 1. The summed E-state index contributed by atoms with van der Waals surface area (Å²) in [6.45, 7) is 0. The molecule has 0 aliphatic rings. The van der Waals surface area contributed by atoms with E-state index in [9.17, 15) is 10.1 Å². The zero-order valence-corrected chi connectivity index (χ0v) is 22.0. The second-order valence-corrected chi connectivity index (χ2v) is 10.5. The van der Waals surface area contributed by atoms with Gasteiger partial charge in [0.1, 0.15) is 0 Å². The molecule has 0 atom stereocenters. The van der Waals surface area contributed by atoms with Crippen LogP contribution in [0.2, 0.25) is 0 Å². The van der Waals surface area contributed by atoms with E-state index in [1.165, 1.54) is 6.07 Å². The lowest BCUT2D eigenvalue weighted by atomic mass is 10.0. The van der Waals surface area contributed by atoms with Gasteiger partial charge in [-0.1, -0.05) is 103 Å². The van der Waals surface area contributed by atoms with Gasteiger partial charge in [0.2, 0.25) is 0 Å². The van der Waals surface area contributed by atoms with Crippen LogP contribution in [-0.4, -0.2) is 14.9 Å². The van der Waals surface area contributed by atoms with E-state index < -0.39 is 0 Å². The average Bonchev–Trinajstić information content (AvgIpc) is 3.39. The Morgan fingerprint density at radius 3 is 1.93 bits per heavy atom. The van der Waals surface area contributed by atoms with Gasteiger partial charge in [-0.15, -0.1) is 11.3 Å². The van der Waals surface area contributed by atoms with Gasteiger partial charge in [0.25, 0.3) is 5.69 Å². The molecule has 5 nitrogen and oxygen atoms in total. The number of para-hydroxylation sites is 1. The molecule has 0 spiro atoms. The van der Waals surface area contributed by atoms with Gasteiger partial charge >= 0.3 is 0 Å². The zero-order valence-electron chi connectivity index (χ0n) is 21.2. The molecule has 0 amide bonds. The predicted molar refractivity (Wildman–Crippen MR) is 163 cm³/mol. The number of nitro benzene ring substituents is 1. The van der Waals surface area contributed by atoms with Crippen molar-refractivity contribution in [1.29, 1.82) is 0 Å². The molecule has 0 fully saturated rings. The van der Waals surface area contributed by atoms with Crippen molar-refractivity contribution in [1.82, 2.24) is 9.97 Å². The van der Waals surface area contributed by atoms with Gasteiger partial charge in [0.15, 0.2) is 5.82 Å². The molecular formula is C34H21N3O2S. The van der Waals surface area contributed by atoms with E-state index in [1.54, 1.807) is 23.5 Å². The second kappa shape index (κ2) is 9.84. The van der Waals surface area contributed by atoms with Crippen molar-refractivity contribution < 1.29 is 4.92 Å². The minimum atomic E-state index is -0.335. The summed E-state index contributed by atoms with van der Waals surface area (Å²) in [4.78, 5) is 21.5. The Balaban J connectivity index is 1.44. The van der Waals surface area contributed by atoms with Crippen molar-refractivity contribution in [3.05, 3.63) is 138 Å². The van der Waals surface area contributed by atoms with E-state index in [-0.39, 0.29) is 10.6 Å². The van der Waals surface area contributed by atoms with Crippen LogP contribution in [0.15, 0.2) is 127 Å². The van der Waals surface area contributed by atoms with Crippen molar-refractivity contribution in [2.45, 2.75) is 0 Å². The van der Waals surface area contributed by atoms with Crippen molar-refractivity contribution in [3.63, 3.8) is 0 Å². The Hall–Kier alpha value is -5.20. The summed E-state index contributed by atoms with van der Waals surface area (Å²) in [5, 5.41) is 12.7. The molecule has 0 bridgehead atoms. The molecule has 0 aliphatic heterocycles. The first kappa shape index (κ1) is 23.9. The van der Waals surface area contributed by atoms with E-state index in [0.29, 0.717) is 11.4 Å². The lowest BCUT2D eigenvalue weighted by Crippen LogP contribution is -1.94. The molecular weight excluding hydrogens is 514 g/mol. The second-order valence-electron chi connectivity index (χ2n) is 9.47. The van der Waals surface area contributed by atoms with Gasteiger partial charge in [-0.3, -0.25) is 10.1 Å². The minimum absolute atomic E-state index is 0.0835. The third kappa shape index (κ3) is 4.21. The summed E-state index contributed by atoms with van der Waals surface area (Å²) in [6, 6.07) is 41.6. The summed E-state index contributed by atoms with van der Waals surface area (Å²) in [5.41, 5.74) is 7.40. The fraction of sp³-hybridized carbons (Fsp3) is 0. The number of hydrogen-bond donors (Lipinski definition) is 0. The molecule has 0 unspecified atom stereocenters. The number of nitro groups is 1. The third-order valence-electron chi connectivity index (χ3n) is 7.02. The van der Waals surface area contributed by atoms with E-state index in [4.69, 9.17) is 9.97 Å². The van der Waals surface area contributed by atoms with Crippen LogP contribution in [-0.2, 0) is 0 Å². The van der Waals surface area contributed by atoms with Crippen LogP contribution in [0.1, 0.15) is 0 Å². The Labute approximate surface area is 234 Å². The first-order valence-electron chi connectivity index (χ1n) is 12.8. The number of hydrogen-bond acceptors (Lipinski definition) is 5.